The van der Waals surface area contributed by atoms with Crippen molar-refractivity contribution in [1.82, 2.24) is 9.88 Å². The Hall–Kier alpha value is -3.15. The number of aromatic nitrogens is 1. The SMILES string of the molecule is COc1ccc(OC)c(-c2cc(C(=O)NCc3ccco3)c(C)n2CC2CCCCC2)c1. The lowest BCUT2D eigenvalue weighted by Crippen LogP contribution is -2.23. The molecule has 0 saturated heterocycles. The molecule has 0 aliphatic heterocycles. The van der Waals surface area contributed by atoms with Crippen molar-refractivity contribution in [2.75, 3.05) is 14.2 Å². The van der Waals surface area contributed by atoms with Gasteiger partial charge >= 0.3 is 0 Å². The van der Waals surface area contributed by atoms with Crippen molar-refractivity contribution in [2.24, 2.45) is 5.92 Å². The van der Waals surface area contributed by atoms with Crippen LogP contribution in [-0.4, -0.2) is 24.7 Å². The Balaban J connectivity index is 1.72. The van der Waals surface area contributed by atoms with Gasteiger partial charge in [0.15, 0.2) is 0 Å². The molecule has 3 aromatic rings. The standard InChI is InChI=1S/C26H32N2O4/c1-18-22(26(29)27-16-21-10-7-13-32-21)15-24(28(18)17-19-8-5-4-6-9-19)23-14-20(30-2)11-12-25(23)31-3/h7,10-15,19H,4-6,8-9,16-17H2,1-3H3,(H,27,29). The van der Waals surface area contributed by atoms with Crippen LogP contribution < -0.4 is 14.8 Å². The highest BCUT2D eigenvalue weighted by Crippen LogP contribution is 2.37. The lowest BCUT2D eigenvalue weighted by molar-refractivity contribution is 0.0947. The molecule has 1 fully saturated rings. The van der Waals surface area contributed by atoms with Crippen LogP contribution in [0, 0.1) is 12.8 Å². The number of ether oxygens (including phenoxy) is 2. The van der Waals surface area contributed by atoms with Crippen LogP contribution in [0.2, 0.25) is 0 Å². The molecule has 0 bridgehead atoms. The van der Waals surface area contributed by atoms with Gasteiger partial charge in [-0.05, 0) is 62.1 Å². The van der Waals surface area contributed by atoms with Crippen LogP contribution in [-0.2, 0) is 13.1 Å². The predicted octanol–water partition coefficient (Wildman–Crippen LogP) is 5.58. The third kappa shape index (κ3) is 4.69. The second-order valence-corrected chi connectivity index (χ2v) is 8.47. The first-order chi connectivity index (χ1) is 15.6. The van der Waals surface area contributed by atoms with E-state index in [0.717, 1.165) is 40.8 Å². The maximum absolute atomic E-state index is 13.1. The molecule has 1 aromatic carbocycles. The van der Waals surface area contributed by atoms with Crippen LogP contribution in [0.25, 0.3) is 11.3 Å². The molecule has 170 valence electrons. The van der Waals surface area contributed by atoms with E-state index in [1.807, 2.05) is 43.3 Å². The molecule has 1 saturated carbocycles. The summed E-state index contributed by atoms with van der Waals surface area (Å²) in [7, 11) is 3.33. The van der Waals surface area contributed by atoms with E-state index in [-0.39, 0.29) is 5.91 Å². The predicted molar refractivity (Wildman–Crippen MR) is 124 cm³/mol. The number of carbonyl (C=O) groups is 1. The minimum atomic E-state index is -0.107. The molecule has 1 amide bonds. The average Bonchev–Trinajstić information content (AvgIpc) is 3.46. The van der Waals surface area contributed by atoms with Gasteiger partial charge in [0.05, 0.1) is 38.3 Å². The van der Waals surface area contributed by atoms with Crippen LogP contribution in [0.15, 0.2) is 47.1 Å². The van der Waals surface area contributed by atoms with Crippen LogP contribution in [0.3, 0.4) is 0 Å². The molecule has 2 heterocycles. The normalized spacial score (nSPS) is 14.3. The number of amides is 1. The molecule has 0 spiro atoms. The molecule has 4 rings (SSSR count). The third-order valence-corrected chi connectivity index (χ3v) is 6.46. The van der Waals surface area contributed by atoms with Crippen molar-refractivity contribution >= 4 is 5.91 Å². The first kappa shape index (κ1) is 22.1. The number of nitrogens with one attached hydrogen (secondary N) is 1. The van der Waals surface area contributed by atoms with Crippen LogP contribution >= 0.6 is 0 Å². The van der Waals surface area contributed by atoms with E-state index in [4.69, 9.17) is 13.9 Å². The molecule has 6 nitrogen and oxygen atoms in total. The highest BCUT2D eigenvalue weighted by molar-refractivity contribution is 5.97. The molecule has 32 heavy (non-hydrogen) atoms. The number of nitrogens with zero attached hydrogens (tertiary/aromatic N) is 1. The zero-order chi connectivity index (χ0) is 22.5. The van der Waals surface area contributed by atoms with Gasteiger partial charge < -0.3 is 23.8 Å². The third-order valence-electron chi connectivity index (χ3n) is 6.46. The number of methoxy groups -OCH3 is 2. The maximum atomic E-state index is 13.1. The monoisotopic (exact) mass is 436 g/mol. The molecular formula is C26H32N2O4. The molecule has 2 aromatic heterocycles. The Bertz CT molecular complexity index is 1050. The number of hydrogen-bond acceptors (Lipinski definition) is 4. The van der Waals surface area contributed by atoms with E-state index < -0.39 is 0 Å². The van der Waals surface area contributed by atoms with Crippen molar-refractivity contribution < 1.29 is 18.7 Å². The minimum absolute atomic E-state index is 0.107. The van der Waals surface area contributed by atoms with E-state index in [9.17, 15) is 4.79 Å². The van der Waals surface area contributed by atoms with Gasteiger partial charge in [-0.2, -0.15) is 0 Å². The Kier molecular flexibility index (Phi) is 6.88. The zero-order valence-corrected chi connectivity index (χ0v) is 19.1. The zero-order valence-electron chi connectivity index (χ0n) is 19.1. The maximum Gasteiger partial charge on any atom is 0.253 e. The Labute approximate surface area is 189 Å². The van der Waals surface area contributed by atoms with Crippen molar-refractivity contribution in [2.45, 2.75) is 52.1 Å². The van der Waals surface area contributed by atoms with Gasteiger partial charge in [-0.15, -0.1) is 0 Å². The minimum Gasteiger partial charge on any atom is -0.497 e. The lowest BCUT2D eigenvalue weighted by atomic mass is 9.89. The van der Waals surface area contributed by atoms with Gasteiger partial charge in [0.25, 0.3) is 5.91 Å². The molecule has 0 unspecified atom stereocenters. The smallest absolute Gasteiger partial charge is 0.253 e. The quantitative estimate of drug-likeness (QED) is 0.500. The van der Waals surface area contributed by atoms with Crippen molar-refractivity contribution in [3.63, 3.8) is 0 Å². The molecular weight excluding hydrogens is 404 g/mol. The summed E-state index contributed by atoms with van der Waals surface area (Å²) >= 11 is 0. The number of furan rings is 1. The molecule has 6 heteroatoms. The second-order valence-electron chi connectivity index (χ2n) is 8.47. The first-order valence-corrected chi connectivity index (χ1v) is 11.3. The molecule has 1 N–H and O–H groups in total. The topological polar surface area (TPSA) is 65.6 Å². The number of benzene rings is 1. The van der Waals surface area contributed by atoms with Crippen LogP contribution in [0.5, 0.6) is 11.5 Å². The van der Waals surface area contributed by atoms with Gasteiger partial charge in [-0.25, -0.2) is 0 Å². The first-order valence-electron chi connectivity index (χ1n) is 11.3. The van der Waals surface area contributed by atoms with Crippen LogP contribution in [0.4, 0.5) is 0 Å². The number of carbonyl (C=O) groups excluding carboxylic acids is 1. The fourth-order valence-electron chi connectivity index (χ4n) is 4.65. The molecule has 0 radical (unpaired) electrons. The summed E-state index contributed by atoms with van der Waals surface area (Å²) in [5.41, 5.74) is 3.54. The van der Waals surface area contributed by atoms with E-state index in [1.54, 1.807) is 20.5 Å². The van der Waals surface area contributed by atoms with E-state index in [0.29, 0.717) is 18.0 Å². The highest BCUT2D eigenvalue weighted by Gasteiger charge is 2.24. The van der Waals surface area contributed by atoms with Crippen molar-refractivity contribution in [3.05, 3.63) is 59.7 Å². The van der Waals surface area contributed by atoms with E-state index in [1.165, 1.54) is 32.1 Å². The Morgan fingerprint density at radius 2 is 1.94 bits per heavy atom. The molecule has 1 aliphatic carbocycles. The van der Waals surface area contributed by atoms with Gasteiger partial charge in [0.2, 0.25) is 0 Å². The fourth-order valence-corrected chi connectivity index (χ4v) is 4.65. The molecule has 1 aliphatic rings. The largest absolute Gasteiger partial charge is 0.497 e. The summed E-state index contributed by atoms with van der Waals surface area (Å²) in [5, 5.41) is 2.99. The van der Waals surface area contributed by atoms with Gasteiger partial charge in [-0.1, -0.05) is 19.3 Å². The average molecular weight is 437 g/mol. The van der Waals surface area contributed by atoms with Crippen molar-refractivity contribution in [1.29, 1.82) is 0 Å². The summed E-state index contributed by atoms with van der Waals surface area (Å²) in [6.45, 7) is 3.28. The summed E-state index contributed by atoms with van der Waals surface area (Å²) in [4.78, 5) is 13.1. The highest BCUT2D eigenvalue weighted by atomic mass is 16.5. The second kappa shape index (κ2) is 9.98. The van der Waals surface area contributed by atoms with E-state index in [2.05, 4.69) is 9.88 Å². The molecule has 0 atom stereocenters. The van der Waals surface area contributed by atoms with Gasteiger partial charge in [0.1, 0.15) is 17.3 Å². The van der Waals surface area contributed by atoms with Gasteiger partial charge in [-0.3, -0.25) is 4.79 Å². The van der Waals surface area contributed by atoms with E-state index >= 15 is 0 Å². The number of rotatable bonds is 8. The van der Waals surface area contributed by atoms with Gasteiger partial charge in [0, 0.05) is 17.8 Å². The summed E-state index contributed by atoms with van der Waals surface area (Å²) < 4.78 is 18.8. The summed E-state index contributed by atoms with van der Waals surface area (Å²) in [6.07, 6.45) is 7.94. The Morgan fingerprint density at radius 3 is 2.62 bits per heavy atom. The summed E-state index contributed by atoms with van der Waals surface area (Å²) in [6, 6.07) is 11.4. The fraction of sp³-hybridized carbons (Fsp3) is 0.423. The lowest BCUT2D eigenvalue weighted by Gasteiger charge is -2.24. The Morgan fingerprint density at radius 1 is 1.12 bits per heavy atom. The van der Waals surface area contributed by atoms with Crippen molar-refractivity contribution in [3.8, 4) is 22.8 Å². The van der Waals surface area contributed by atoms with Crippen LogP contribution in [0.1, 0.15) is 53.9 Å². The number of hydrogen-bond donors (Lipinski definition) is 1. The summed E-state index contributed by atoms with van der Waals surface area (Å²) in [5.74, 6) is 2.75.